The van der Waals surface area contributed by atoms with Crippen molar-refractivity contribution in [3.8, 4) is 0 Å². The Morgan fingerprint density at radius 3 is 2.55 bits per heavy atom. The maximum atomic E-state index is 13.0. The first-order valence-electron chi connectivity index (χ1n) is 4.00. The van der Waals surface area contributed by atoms with Gasteiger partial charge in [-0.2, -0.15) is 0 Å². The fraction of sp³-hybridized carbons (Fsp3) is 0.400. The molecule has 0 N–H and O–H groups in total. The third-order valence-electron chi connectivity index (χ3n) is 2.05. The van der Waals surface area contributed by atoms with Gasteiger partial charge in [0.25, 0.3) is 0 Å². The van der Waals surface area contributed by atoms with Crippen molar-refractivity contribution in [3.63, 3.8) is 0 Å². The van der Waals surface area contributed by atoms with Crippen LogP contribution in [-0.4, -0.2) is 0 Å². The molecule has 11 heavy (non-hydrogen) atoms. The minimum absolute atomic E-state index is 0.0816. The van der Waals surface area contributed by atoms with Crippen LogP contribution in [0.3, 0.4) is 0 Å². The molecular weight excluding hydrogens is 139 g/mol. The first-order chi connectivity index (χ1) is 5.25. The summed E-state index contributed by atoms with van der Waals surface area (Å²) in [6.07, 6.45) is 0.987. The van der Waals surface area contributed by atoms with E-state index in [0.717, 1.165) is 12.0 Å². The maximum Gasteiger partial charge on any atom is 0.126 e. The summed E-state index contributed by atoms with van der Waals surface area (Å²) in [5.41, 5.74) is 0.829. The molecule has 0 fully saturated rings. The van der Waals surface area contributed by atoms with Crippen molar-refractivity contribution in [2.45, 2.75) is 26.2 Å². The van der Waals surface area contributed by atoms with E-state index in [1.165, 1.54) is 6.07 Å². The van der Waals surface area contributed by atoms with E-state index in [1.807, 2.05) is 19.1 Å². The fourth-order valence-electron chi connectivity index (χ4n) is 1.09. The third kappa shape index (κ3) is 1.79. The van der Waals surface area contributed by atoms with Gasteiger partial charge in [0.15, 0.2) is 0 Å². The summed E-state index contributed by atoms with van der Waals surface area (Å²) in [5.74, 6) is 0.248. The van der Waals surface area contributed by atoms with E-state index in [-0.39, 0.29) is 5.82 Å². The molecule has 0 aliphatic rings. The summed E-state index contributed by atoms with van der Waals surface area (Å²) >= 11 is 0. The average molecular weight is 152 g/mol. The molecular formula is C10H13F. The van der Waals surface area contributed by atoms with Gasteiger partial charge in [0.1, 0.15) is 5.82 Å². The summed E-state index contributed by atoms with van der Waals surface area (Å²) in [6.45, 7) is 4.11. The predicted octanol–water partition coefficient (Wildman–Crippen LogP) is 3.34. The van der Waals surface area contributed by atoms with Crippen LogP contribution in [0.1, 0.15) is 31.7 Å². The summed E-state index contributed by atoms with van der Waals surface area (Å²) in [5, 5.41) is 0. The monoisotopic (exact) mass is 152 g/mol. The summed E-state index contributed by atoms with van der Waals surface area (Å²) < 4.78 is 13.0. The molecule has 0 nitrogen and oxygen atoms in total. The molecule has 0 unspecified atom stereocenters. The zero-order valence-corrected chi connectivity index (χ0v) is 6.97. The number of hydrogen-bond donors (Lipinski definition) is 0. The van der Waals surface area contributed by atoms with Gasteiger partial charge in [-0.3, -0.25) is 0 Å². The van der Waals surface area contributed by atoms with Crippen LogP contribution >= 0.6 is 0 Å². The minimum Gasteiger partial charge on any atom is -0.207 e. The van der Waals surface area contributed by atoms with Crippen molar-refractivity contribution in [3.05, 3.63) is 35.6 Å². The van der Waals surface area contributed by atoms with Crippen LogP contribution < -0.4 is 0 Å². The van der Waals surface area contributed by atoms with Gasteiger partial charge in [0.05, 0.1) is 0 Å². The van der Waals surface area contributed by atoms with Gasteiger partial charge in [-0.15, -0.1) is 0 Å². The van der Waals surface area contributed by atoms with Gasteiger partial charge in [0.2, 0.25) is 0 Å². The van der Waals surface area contributed by atoms with Crippen LogP contribution in [-0.2, 0) is 0 Å². The van der Waals surface area contributed by atoms with E-state index in [0.29, 0.717) is 5.92 Å². The van der Waals surface area contributed by atoms with Crippen molar-refractivity contribution < 1.29 is 4.39 Å². The average Bonchev–Trinajstić information content (AvgIpc) is 2.04. The highest BCUT2D eigenvalue weighted by atomic mass is 19.1. The predicted molar refractivity (Wildman–Crippen MR) is 45.1 cm³/mol. The number of rotatable bonds is 2. The van der Waals surface area contributed by atoms with Crippen LogP contribution in [0.15, 0.2) is 24.3 Å². The molecule has 1 heteroatoms. The van der Waals surface area contributed by atoms with Gasteiger partial charge in [0, 0.05) is 0 Å². The Morgan fingerprint density at radius 1 is 1.36 bits per heavy atom. The third-order valence-corrected chi connectivity index (χ3v) is 2.05. The first kappa shape index (κ1) is 8.25. The Hall–Kier alpha value is -0.850. The second kappa shape index (κ2) is 3.51. The Kier molecular flexibility index (Phi) is 2.64. The lowest BCUT2D eigenvalue weighted by molar-refractivity contribution is 0.584. The molecule has 1 rings (SSSR count). The van der Waals surface area contributed by atoms with E-state index in [2.05, 4.69) is 6.92 Å². The largest absolute Gasteiger partial charge is 0.207 e. The molecule has 0 aliphatic heterocycles. The number of benzene rings is 1. The molecule has 0 saturated carbocycles. The Balaban J connectivity index is 2.93. The highest BCUT2D eigenvalue weighted by Gasteiger charge is 2.06. The Morgan fingerprint density at radius 2 is 2.00 bits per heavy atom. The highest BCUT2D eigenvalue weighted by Crippen LogP contribution is 2.20. The van der Waals surface area contributed by atoms with Crippen LogP contribution in [0, 0.1) is 5.82 Å². The smallest absolute Gasteiger partial charge is 0.126 e. The molecule has 0 spiro atoms. The molecule has 0 saturated heterocycles. The quantitative estimate of drug-likeness (QED) is 0.609. The maximum absolute atomic E-state index is 13.0. The Bertz CT molecular complexity index is 230. The van der Waals surface area contributed by atoms with E-state index in [9.17, 15) is 4.39 Å². The zero-order chi connectivity index (χ0) is 8.27. The van der Waals surface area contributed by atoms with Gasteiger partial charge in [-0.1, -0.05) is 32.0 Å². The fourth-order valence-corrected chi connectivity index (χ4v) is 1.09. The Labute approximate surface area is 67.1 Å². The van der Waals surface area contributed by atoms with Crippen LogP contribution in [0.4, 0.5) is 4.39 Å². The van der Waals surface area contributed by atoms with Crippen LogP contribution in [0.2, 0.25) is 0 Å². The minimum atomic E-state index is -0.0816. The van der Waals surface area contributed by atoms with Gasteiger partial charge < -0.3 is 0 Å². The number of hydrogen-bond acceptors (Lipinski definition) is 0. The van der Waals surface area contributed by atoms with Crippen molar-refractivity contribution >= 4 is 0 Å². The molecule has 0 aliphatic carbocycles. The van der Waals surface area contributed by atoms with E-state index in [4.69, 9.17) is 0 Å². The van der Waals surface area contributed by atoms with Gasteiger partial charge >= 0.3 is 0 Å². The van der Waals surface area contributed by atoms with E-state index >= 15 is 0 Å². The normalized spacial score (nSPS) is 13.0. The summed E-state index contributed by atoms with van der Waals surface area (Å²) in [7, 11) is 0. The summed E-state index contributed by atoms with van der Waals surface area (Å²) in [6, 6.07) is 6.97. The first-order valence-corrected chi connectivity index (χ1v) is 4.00. The molecule has 0 heterocycles. The van der Waals surface area contributed by atoms with E-state index < -0.39 is 0 Å². The van der Waals surface area contributed by atoms with Crippen molar-refractivity contribution in [2.75, 3.05) is 0 Å². The molecule has 1 atom stereocenters. The van der Waals surface area contributed by atoms with Crippen molar-refractivity contribution in [2.24, 2.45) is 0 Å². The number of halogens is 1. The molecule has 1 aromatic rings. The second-order valence-electron chi connectivity index (χ2n) is 2.83. The molecule has 0 amide bonds. The molecule has 1 aromatic carbocycles. The lowest BCUT2D eigenvalue weighted by Crippen LogP contribution is -1.94. The molecule has 0 aromatic heterocycles. The lowest BCUT2D eigenvalue weighted by Gasteiger charge is -2.08. The van der Waals surface area contributed by atoms with Crippen molar-refractivity contribution in [1.29, 1.82) is 0 Å². The van der Waals surface area contributed by atoms with Crippen LogP contribution in [0.25, 0.3) is 0 Å². The molecule has 0 bridgehead atoms. The highest BCUT2D eigenvalue weighted by molar-refractivity contribution is 5.20. The second-order valence-corrected chi connectivity index (χ2v) is 2.83. The van der Waals surface area contributed by atoms with Crippen LogP contribution in [0.5, 0.6) is 0 Å². The van der Waals surface area contributed by atoms with Gasteiger partial charge in [-0.25, -0.2) is 4.39 Å². The molecule has 0 radical (unpaired) electrons. The standard InChI is InChI=1S/C10H13F/c1-3-8(2)9-6-4-5-7-10(9)11/h4-8H,3H2,1-2H3/t8-/m0/s1. The van der Waals surface area contributed by atoms with Gasteiger partial charge in [-0.05, 0) is 24.0 Å². The van der Waals surface area contributed by atoms with E-state index in [1.54, 1.807) is 6.07 Å². The molecule has 60 valence electrons. The summed E-state index contributed by atoms with van der Waals surface area (Å²) in [4.78, 5) is 0. The zero-order valence-electron chi connectivity index (χ0n) is 6.97. The van der Waals surface area contributed by atoms with Crippen molar-refractivity contribution in [1.82, 2.24) is 0 Å². The lowest BCUT2D eigenvalue weighted by atomic mass is 9.98. The SMILES string of the molecule is CC[C@H](C)c1ccccc1F. The topological polar surface area (TPSA) is 0 Å².